The van der Waals surface area contributed by atoms with Gasteiger partial charge in [-0.25, -0.2) is 8.42 Å². The second kappa shape index (κ2) is 8.58. The van der Waals surface area contributed by atoms with Crippen LogP contribution in [0.3, 0.4) is 0 Å². The average Bonchev–Trinajstić information content (AvgIpc) is 3.26. The van der Waals surface area contributed by atoms with Gasteiger partial charge < -0.3 is 14.6 Å². The molecule has 1 N–H and O–H groups in total. The SMILES string of the molecule is CC(=O)Nc1cccc(-c2nc(-c3ccc(S(=O)(=O)N4CCOCC4)cc3)no2)c1C. The minimum absolute atomic E-state index is 0.168. The predicted molar refractivity (Wildman–Crippen MR) is 114 cm³/mol. The lowest BCUT2D eigenvalue weighted by molar-refractivity contribution is -0.114. The van der Waals surface area contributed by atoms with Crippen LogP contribution in [0.2, 0.25) is 0 Å². The summed E-state index contributed by atoms with van der Waals surface area (Å²) in [6, 6.07) is 11.8. The van der Waals surface area contributed by atoms with Crippen molar-refractivity contribution in [2.75, 3.05) is 31.6 Å². The Balaban J connectivity index is 1.58. The number of morpholine rings is 1. The predicted octanol–water partition coefficient (Wildman–Crippen LogP) is 2.69. The van der Waals surface area contributed by atoms with Crippen molar-refractivity contribution in [1.29, 1.82) is 0 Å². The van der Waals surface area contributed by atoms with E-state index in [0.717, 1.165) is 5.56 Å². The van der Waals surface area contributed by atoms with Gasteiger partial charge in [0.1, 0.15) is 0 Å². The van der Waals surface area contributed by atoms with Gasteiger partial charge in [-0.05, 0) is 48.9 Å². The Morgan fingerprint density at radius 3 is 2.48 bits per heavy atom. The molecule has 162 valence electrons. The molecule has 0 atom stereocenters. The molecule has 1 aliphatic rings. The summed E-state index contributed by atoms with van der Waals surface area (Å²) in [6.45, 7) is 4.77. The fourth-order valence-corrected chi connectivity index (χ4v) is 4.76. The number of hydrogen-bond acceptors (Lipinski definition) is 7. The van der Waals surface area contributed by atoms with Gasteiger partial charge in [0, 0.05) is 36.8 Å². The molecule has 4 rings (SSSR count). The fourth-order valence-electron chi connectivity index (χ4n) is 3.35. The number of nitrogens with zero attached hydrogens (tertiary/aromatic N) is 3. The third kappa shape index (κ3) is 4.36. The van der Waals surface area contributed by atoms with Gasteiger partial charge in [0.15, 0.2) is 0 Å². The molecule has 0 radical (unpaired) electrons. The summed E-state index contributed by atoms with van der Waals surface area (Å²) >= 11 is 0. The van der Waals surface area contributed by atoms with Crippen molar-refractivity contribution in [2.24, 2.45) is 0 Å². The van der Waals surface area contributed by atoms with E-state index in [-0.39, 0.29) is 10.8 Å². The largest absolute Gasteiger partial charge is 0.379 e. The zero-order chi connectivity index (χ0) is 22.0. The summed E-state index contributed by atoms with van der Waals surface area (Å²) in [5.41, 5.74) is 2.81. The van der Waals surface area contributed by atoms with E-state index in [1.54, 1.807) is 36.4 Å². The van der Waals surface area contributed by atoms with E-state index < -0.39 is 10.0 Å². The smallest absolute Gasteiger partial charge is 0.258 e. The Labute approximate surface area is 180 Å². The minimum Gasteiger partial charge on any atom is -0.379 e. The van der Waals surface area contributed by atoms with Crippen molar-refractivity contribution in [3.05, 3.63) is 48.0 Å². The Kier molecular flexibility index (Phi) is 5.86. The molecule has 2 aromatic carbocycles. The molecule has 10 heteroatoms. The van der Waals surface area contributed by atoms with Crippen molar-refractivity contribution in [1.82, 2.24) is 14.4 Å². The number of sulfonamides is 1. The van der Waals surface area contributed by atoms with Gasteiger partial charge in [0.05, 0.1) is 18.1 Å². The highest BCUT2D eigenvalue weighted by Gasteiger charge is 2.26. The van der Waals surface area contributed by atoms with Gasteiger partial charge in [0.2, 0.25) is 21.8 Å². The molecule has 2 heterocycles. The summed E-state index contributed by atoms with van der Waals surface area (Å²) in [7, 11) is -3.56. The van der Waals surface area contributed by atoms with Crippen LogP contribution in [-0.4, -0.2) is 55.1 Å². The molecule has 1 amide bonds. The number of hydrogen-bond donors (Lipinski definition) is 1. The number of rotatable bonds is 5. The van der Waals surface area contributed by atoms with E-state index in [2.05, 4.69) is 15.5 Å². The summed E-state index contributed by atoms with van der Waals surface area (Å²) < 4.78 is 37.6. The van der Waals surface area contributed by atoms with Crippen molar-refractivity contribution < 1.29 is 22.5 Å². The van der Waals surface area contributed by atoms with E-state index in [1.165, 1.54) is 11.2 Å². The van der Waals surface area contributed by atoms with Crippen molar-refractivity contribution in [3.63, 3.8) is 0 Å². The highest BCUT2D eigenvalue weighted by Crippen LogP contribution is 2.29. The van der Waals surface area contributed by atoms with Crippen LogP contribution >= 0.6 is 0 Å². The van der Waals surface area contributed by atoms with E-state index in [1.807, 2.05) is 13.0 Å². The summed E-state index contributed by atoms with van der Waals surface area (Å²) in [6.07, 6.45) is 0. The quantitative estimate of drug-likeness (QED) is 0.646. The third-order valence-electron chi connectivity index (χ3n) is 5.02. The zero-order valence-electron chi connectivity index (χ0n) is 17.2. The van der Waals surface area contributed by atoms with Crippen LogP contribution in [0.4, 0.5) is 5.69 Å². The first kappa shape index (κ1) is 21.2. The molecule has 0 bridgehead atoms. The summed E-state index contributed by atoms with van der Waals surface area (Å²) in [4.78, 5) is 16.0. The molecule has 9 nitrogen and oxygen atoms in total. The van der Waals surface area contributed by atoms with Gasteiger partial charge in [-0.15, -0.1) is 0 Å². The first-order valence-corrected chi connectivity index (χ1v) is 11.2. The Morgan fingerprint density at radius 2 is 1.81 bits per heavy atom. The molecule has 0 aliphatic carbocycles. The lowest BCUT2D eigenvalue weighted by Crippen LogP contribution is -2.40. The van der Waals surface area contributed by atoms with Crippen molar-refractivity contribution in [3.8, 4) is 22.8 Å². The van der Waals surface area contributed by atoms with Gasteiger partial charge in [-0.1, -0.05) is 11.2 Å². The normalized spacial score (nSPS) is 15.0. The summed E-state index contributed by atoms with van der Waals surface area (Å²) in [5, 5.41) is 6.80. The molecule has 0 spiro atoms. The molecule has 0 unspecified atom stereocenters. The molecule has 1 aliphatic heterocycles. The number of carbonyl (C=O) groups excluding carboxylic acids is 1. The number of nitrogens with one attached hydrogen (secondary N) is 1. The van der Waals surface area contributed by atoms with Gasteiger partial charge >= 0.3 is 0 Å². The Hall–Kier alpha value is -3.08. The van der Waals surface area contributed by atoms with Crippen LogP contribution in [0.25, 0.3) is 22.8 Å². The number of benzene rings is 2. The van der Waals surface area contributed by atoms with Crippen LogP contribution in [0.15, 0.2) is 51.9 Å². The molecule has 1 saturated heterocycles. The number of aromatic nitrogens is 2. The maximum atomic E-state index is 12.8. The second-order valence-electron chi connectivity index (χ2n) is 7.12. The standard InChI is InChI=1S/C21H22N4O5S/c1-14-18(4-3-5-19(14)22-15(2)26)21-23-20(24-30-21)16-6-8-17(9-7-16)31(27,28)25-10-12-29-13-11-25/h3-9H,10-13H2,1-2H3,(H,22,26). The molecule has 1 fully saturated rings. The molecular formula is C21H22N4O5S. The van der Waals surface area contributed by atoms with Crippen LogP contribution < -0.4 is 5.32 Å². The lowest BCUT2D eigenvalue weighted by atomic mass is 10.1. The first-order valence-electron chi connectivity index (χ1n) is 9.76. The maximum Gasteiger partial charge on any atom is 0.258 e. The third-order valence-corrected chi connectivity index (χ3v) is 6.93. The van der Waals surface area contributed by atoms with Gasteiger partial charge in [0.25, 0.3) is 5.89 Å². The van der Waals surface area contributed by atoms with E-state index in [0.29, 0.717) is 54.8 Å². The minimum atomic E-state index is -3.56. The highest BCUT2D eigenvalue weighted by molar-refractivity contribution is 7.89. The zero-order valence-corrected chi connectivity index (χ0v) is 18.0. The van der Waals surface area contributed by atoms with Crippen LogP contribution in [0, 0.1) is 6.92 Å². The topological polar surface area (TPSA) is 115 Å². The Morgan fingerprint density at radius 1 is 1.10 bits per heavy atom. The molecule has 0 saturated carbocycles. The van der Waals surface area contributed by atoms with Crippen LogP contribution in [0.1, 0.15) is 12.5 Å². The number of carbonyl (C=O) groups is 1. The van der Waals surface area contributed by atoms with Gasteiger partial charge in [-0.2, -0.15) is 9.29 Å². The van der Waals surface area contributed by atoms with E-state index in [9.17, 15) is 13.2 Å². The first-order chi connectivity index (χ1) is 14.9. The number of anilines is 1. The van der Waals surface area contributed by atoms with Crippen LogP contribution in [-0.2, 0) is 19.6 Å². The summed E-state index contributed by atoms with van der Waals surface area (Å²) in [5.74, 6) is 0.484. The average molecular weight is 442 g/mol. The van der Waals surface area contributed by atoms with E-state index >= 15 is 0 Å². The van der Waals surface area contributed by atoms with Gasteiger partial charge in [-0.3, -0.25) is 4.79 Å². The van der Waals surface area contributed by atoms with Crippen LogP contribution in [0.5, 0.6) is 0 Å². The Bertz CT molecular complexity index is 1200. The fraction of sp³-hybridized carbons (Fsp3) is 0.286. The lowest BCUT2D eigenvalue weighted by Gasteiger charge is -2.26. The number of amides is 1. The molecular weight excluding hydrogens is 420 g/mol. The number of ether oxygens (including phenoxy) is 1. The molecule has 31 heavy (non-hydrogen) atoms. The molecule has 3 aromatic rings. The monoisotopic (exact) mass is 442 g/mol. The highest BCUT2D eigenvalue weighted by atomic mass is 32.2. The van der Waals surface area contributed by atoms with E-state index in [4.69, 9.17) is 9.26 Å². The van der Waals surface area contributed by atoms with Crippen molar-refractivity contribution >= 4 is 21.6 Å². The van der Waals surface area contributed by atoms with Crippen molar-refractivity contribution in [2.45, 2.75) is 18.7 Å². The maximum absolute atomic E-state index is 12.8. The molecule has 1 aromatic heterocycles. The second-order valence-corrected chi connectivity index (χ2v) is 9.06.